The summed E-state index contributed by atoms with van der Waals surface area (Å²) < 4.78 is 12.8. The second-order valence-electron chi connectivity index (χ2n) is 5.20. The van der Waals surface area contributed by atoms with Crippen LogP contribution >= 0.6 is 0 Å². The Balaban J connectivity index is 1.86. The van der Waals surface area contributed by atoms with Crippen LogP contribution in [-0.4, -0.2) is 17.7 Å². The van der Waals surface area contributed by atoms with E-state index < -0.39 is 6.10 Å². The monoisotopic (exact) mass is 287 g/mol. The van der Waals surface area contributed by atoms with Crippen LogP contribution < -0.4 is 5.32 Å². The second kappa shape index (κ2) is 7.91. The van der Waals surface area contributed by atoms with Crippen molar-refractivity contribution in [3.63, 3.8) is 0 Å². The highest BCUT2D eigenvalue weighted by atomic mass is 19.1. The number of hydrogen-bond donors (Lipinski definition) is 2. The van der Waals surface area contributed by atoms with Crippen LogP contribution in [0.3, 0.4) is 0 Å². The van der Waals surface area contributed by atoms with Crippen LogP contribution in [0.15, 0.2) is 54.6 Å². The molecule has 2 aromatic rings. The normalized spacial score (nSPS) is 13.9. The first-order valence-electron chi connectivity index (χ1n) is 7.41. The number of halogens is 1. The van der Waals surface area contributed by atoms with Gasteiger partial charge in [-0.3, -0.25) is 0 Å². The topological polar surface area (TPSA) is 32.3 Å². The molecule has 2 nitrogen and oxygen atoms in total. The Morgan fingerprint density at radius 2 is 1.71 bits per heavy atom. The molecule has 2 atom stereocenters. The Hall–Kier alpha value is -1.71. The van der Waals surface area contributed by atoms with Crippen molar-refractivity contribution in [1.29, 1.82) is 0 Å². The lowest BCUT2D eigenvalue weighted by Gasteiger charge is -2.23. The molecule has 2 unspecified atom stereocenters. The van der Waals surface area contributed by atoms with Gasteiger partial charge in [-0.25, -0.2) is 4.39 Å². The highest BCUT2D eigenvalue weighted by Crippen LogP contribution is 2.18. The van der Waals surface area contributed by atoms with Crippen LogP contribution in [0.4, 0.5) is 4.39 Å². The van der Waals surface area contributed by atoms with Crippen molar-refractivity contribution in [2.75, 3.05) is 6.54 Å². The summed E-state index contributed by atoms with van der Waals surface area (Å²) in [6.07, 6.45) is 1.15. The van der Waals surface area contributed by atoms with Crippen molar-refractivity contribution in [2.24, 2.45) is 0 Å². The van der Waals surface area contributed by atoms with Crippen LogP contribution in [0, 0.1) is 5.82 Å². The fourth-order valence-corrected chi connectivity index (χ4v) is 2.41. The Morgan fingerprint density at radius 1 is 1.05 bits per heavy atom. The quantitative estimate of drug-likeness (QED) is 0.817. The molecule has 0 amide bonds. The fourth-order valence-electron chi connectivity index (χ4n) is 2.41. The third kappa shape index (κ3) is 4.66. The molecule has 3 heteroatoms. The minimum Gasteiger partial charge on any atom is -0.387 e. The number of nitrogens with one attached hydrogen (secondary N) is 1. The standard InChI is InChI=1S/C18H22FNO/c1-2-17(18(21)15-6-4-3-5-7-15)20-13-12-14-8-10-16(19)11-9-14/h3-11,17-18,20-21H,2,12-13H2,1H3. The summed E-state index contributed by atoms with van der Waals surface area (Å²) in [5.74, 6) is -0.211. The van der Waals surface area contributed by atoms with Crippen LogP contribution in [0.1, 0.15) is 30.6 Å². The van der Waals surface area contributed by atoms with E-state index in [9.17, 15) is 9.50 Å². The van der Waals surface area contributed by atoms with Gasteiger partial charge in [0.05, 0.1) is 6.10 Å². The summed E-state index contributed by atoms with van der Waals surface area (Å²) in [7, 11) is 0. The molecule has 112 valence electrons. The molecule has 2 aromatic carbocycles. The van der Waals surface area contributed by atoms with Gasteiger partial charge in [0.1, 0.15) is 5.82 Å². The van der Waals surface area contributed by atoms with Gasteiger partial charge in [0.25, 0.3) is 0 Å². The molecular formula is C18H22FNO. The van der Waals surface area contributed by atoms with E-state index in [-0.39, 0.29) is 11.9 Å². The van der Waals surface area contributed by atoms with E-state index >= 15 is 0 Å². The Morgan fingerprint density at radius 3 is 2.33 bits per heavy atom. The molecule has 2 N–H and O–H groups in total. The minimum absolute atomic E-state index is 0.0212. The molecule has 0 saturated carbocycles. The lowest BCUT2D eigenvalue weighted by atomic mass is 10.00. The molecule has 0 bridgehead atoms. The highest BCUT2D eigenvalue weighted by Gasteiger charge is 2.18. The largest absolute Gasteiger partial charge is 0.387 e. The molecule has 2 rings (SSSR count). The van der Waals surface area contributed by atoms with Gasteiger partial charge in [0, 0.05) is 6.04 Å². The molecule has 0 heterocycles. The summed E-state index contributed by atoms with van der Waals surface area (Å²) in [6.45, 7) is 2.82. The van der Waals surface area contributed by atoms with E-state index in [2.05, 4.69) is 12.2 Å². The van der Waals surface area contributed by atoms with E-state index in [4.69, 9.17) is 0 Å². The molecule has 0 aliphatic carbocycles. The summed E-state index contributed by atoms with van der Waals surface area (Å²) >= 11 is 0. The molecule has 0 fully saturated rings. The first-order valence-corrected chi connectivity index (χ1v) is 7.41. The first-order chi connectivity index (χ1) is 10.2. The molecule has 0 saturated heterocycles. The van der Waals surface area contributed by atoms with Gasteiger partial charge >= 0.3 is 0 Å². The maximum absolute atomic E-state index is 12.8. The molecule has 0 aliphatic heterocycles. The van der Waals surface area contributed by atoms with Gasteiger partial charge in [0.15, 0.2) is 0 Å². The molecule has 0 spiro atoms. The molecular weight excluding hydrogens is 265 g/mol. The summed E-state index contributed by atoms with van der Waals surface area (Å²) in [5.41, 5.74) is 2.02. The fraction of sp³-hybridized carbons (Fsp3) is 0.333. The van der Waals surface area contributed by atoms with Crippen LogP contribution in [0.5, 0.6) is 0 Å². The summed E-state index contributed by atoms with van der Waals surface area (Å²) in [6, 6.07) is 16.3. The maximum Gasteiger partial charge on any atom is 0.123 e. The number of aliphatic hydroxyl groups excluding tert-OH is 1. The third-order valence-electron chi connectivity index (χ3n) is 3.70. The van der Waals surface area contributed by atoms with E-state index in [1.165, 1.54) is 12.1 Å². The third-order valence-corrected chi connectivity index (χ3v) is 3.70. The summed E-state index contributed by atoms with van der Waals surface area (Å²) in [4.78, 5) is 0. The molecule has 0 radical (unpaired) electrons. The SMILES string of the molecule is CCC(NCCc1ccc(F)cc1)C(O)c1ccccc1. The van der Waals surface area contributed by atoms with Gasteiger partial charge in [0.2, 0.25) is 0 Å². The second-order valence-corrected chi connectivity index (χ2v) is 5.20. The lowest BCUT2D eigenvalue weighted by molar-refractivity contribution is 0.126. The maximum atomic E-state index is 12.8. The van der Waals surface area contributed by atoms with E-state index in [1.54, 1.807) is 12.1 Å². The average molecular weight is 287 g/mol. The number of hydrogen-bond acceptors (Lipinski definition) is 2. The zero-order valence-corrected chi connectivity index (χ0v) is 12.3. The van der Waals surface area contributed by atoms with Crippen molar-refractivity contribution in [3.8, 4) is 0 Å². The van der Waals surface area contributed by atoms with Crippen LogP contribution in [-0.2, 0) is 6.42 Å². The minimum atomic E-state index is -0.510. The predicted octanol–water partition coefficient (Wildman–Crippen LogP) is 3.47. The Bertz CT molecular complexity index is 527. The van der Waals surface area contributed by atoms with Crippen LogP contribution in [0.25, 0.3) is 0 Å². The zero-order valence-electron chi connectivity index (χ0n) is 12.3. The van der Waals surface area contributed by atoms with E-state index in [0.29, 0.717) is 0 Å². The Kier molecular flexibility index (Phi) is 5.90. The van der Waals surface area contributed by atoms with Gasteiger partial charge in [-0.2, -0.15) is 0 Å². The van der Waals surface area contributed by atoms with Crippen LogP contribution in [0.2, 0.25) is 0 Å². The molecule has 21 heavy (non-hydrogen) atoms. The molecule has 0 aliphatic rings. The first kappa shape index (κ1) is 15.7. The average Bonchev–Trinajstić information content (AvgIpc) is 2.53. The van der Waals surface area contributed by atoms with Gasteiger partial charge in [-0.05, 0) is 42.6 Å². The molecule has 0 aromatic heterocycles. The van der Waals surface area contributed by atoms with Gasteiger partial charge in [-0.15, -0.1) is 0 Å². The van der Waals surface area contributed by atoms with Crippen molar-refractivity contribution in [2.45, 2.75) is 31.9 Å². The van der Waals surface area contributed by atoms with E-state index in [1.807, 2.05) is 30.3 Å². The zero-order chi connectivity index (χ0) is 15.1. The van der Waals surface area contributed by atoms with Gasteiger partial charge < -0.3 is 10.4 Å². The van der Waals surface area contributed by atoms with Crippen molar-refractivity contribution in [1.82, 2.24) is 5.32 Å². The summed E-state index contributed by atoms with van der Waals surface area (Å²) in [5, 5.41) is 13.8. The number of benzene rings is 2. The highest BCUT2D eigenvalue weighted by molar-refractivity contribution is 5.19. The van der Waals surface area contributed by atoms with Crippen molar-refractivity contribution >= 4 is 0 Å². The smallest absolute Gasteiger partial charge is 0.123 e. The van der Waals surface area contributed by atoms with E-state index in [0.717, 1.165) is 30.5 Å². The number of rotatable bonds is 7. The Labute approximate surface area is 125 Å². The van der Waals surface area contributed by atoms with Crippen molar-refractivity contribution < 1.29 is 9.50 Å². The lowest BCUT2D eigenvalue weighted by Crippen LogP contribution is -2.35. The predicted molar refractivity (Wildman–Crippen MR) is 83.6 cm³/mol. The number of aliphatic hydroxyl groups is 1. The van der Waals surface area contributed by atoms with Crippen molar-refractivity contribution in [3.05, 3.63) is 71.5 Å². The van der Waals surface area contributed by atoms with Gasteiger partial charge in [-0.1, -0.05) is 49.4 Å².